The monoisotopic (exact) mass is 244 g/mol. The van der Waals surface area contributed by atoms with Gasteiger partial charge in [0.25, 0.3) is 0 Å². The molecule has 1 aromatic carbocycles. The maximum absolute atomic E-state index is 11.4. The Bertz CT molecular complexity index is 384. The van der Waals surface area contributed by atoms with Crippen molar-refractivity contribution in [1.82, 2.24) is 5.06 Å². The van der Waals surface area contributed by atoms with E-state index in [0.717, 1.165) is 5.06 Å². The van der Waals surface area contributed by atoms with Gasteiger partial charge in [0.1, 0.15) is 5.75 Å². The van der Waals surface area contributed by atoms with Gasteiger partial charge in [-0.1, -0.05) is 11.6 Å². The number of nitrogens with zero attached hydrogens (tertiary/aromatic N) is 1. The fourth-order valence-corrected chi connectivity index (χ4v) is 1.29. The molecule has 0 fully saturated rings. The normalized spacial score (nSPS) is 9.75. The Morgan fingerprint density at radius 2 is 2.12 bits per heavy atom. The van der Waals surface area contributed by atoms with Crippen molar-refractivity contribution in [3.8, 4) is 5.75 Å². The van der Waals surface area contributed by atoms with Crippen molar-refractivity contribution in [3.05, 3.63) is 23.2 Å². The molecule has 0 aliphatic heterocycles. The minimum atomic E-state index is -0.385. The van der Waals surface area contributed by atoms with Crippen LogP contribution in [0.15, 0.2) is 18.2 Å². The van der Waals surface area contributed by atoms with Gasteiger partial charge in [-0.2, -0.15) is 0 Å². The number of urea groups is 1. The van der Waals surface area contributed by atoms with Gasteiger partial charge < -0.3 is 10.1 Å². The molecule has 16 heavy (non-hydrogen) atoms. The summed E-state index contributed by atoms with van der Waals surface area (Å²) in [6, 6.07) is 4.57. The molecule has 5 nitrogen and oxygen atoms in total. The highest BCUT2D eigenvalue weighted by Crippen LogP contribution is 2.27. The lowest BCUT2D eigenvalue weighted by molar-refractivity contribution is -0.0598. The Morgan fingerprint density at radius 3 is 2.62 bits per heavy atom. The first-order valence-electron chi connectivity index (χ1n) is 4.51. The lowest BCUT2D eigenvalue weighted by Crippen LogP contribution is -2.30. The van der Waals surface area contributed by atoms with Crippen molar-refractivity contribution in [2.24, 2.45) is 0 Å². The molecule has 0 saturated heterocycles. The summed E-state index contributed by atoms with van der Waals surface area (Å²) in [4.78, 5) is 16.1. The number of ether oxygens (including phenoxy) is 1. The van der Waals surface area contributed by atoms with Crippen LogP contribution in [0, 0.1) is 0 Å². The van der Waals surface area contributed by atoms with Crippen molar-refractivity contribution in [2.75, 3.05) is 26.6 Å². The molecule has 0 radical (unpaired) electrons. The van der Waals surface area contributed by atoms with Gasteiger partial charge in [-0.25, -0.2) is 9.86 Å². The summed E-state index contributed by atoms with van der Waals surface area (Å²) < 4.78 is 4.99. The molecule has 0 aliphatic rings. The summed E-state index contributed by atoms with van der Waals surface area (Å²) in [6.45, 7) is 0. The second-order valence-electron chi connectivity index (χ2n) is 2.96. The number of halogens is 1. The molecular formula is C10H13ClN2O3. The molecule has 1 N–H and O–H groups in total. The summed E-state index contributed by atoms with van der Waals surface area (Å²) >= 11 is 5.91. The summed E-state index contributed by atoms with van der Waals surface area (Å²) in [5.41, 5.74) is 0.569. The molecule has 0 atom stereocenters. The van der Waals surface area contributed by atoms with Crippen molar-refractivity contribution in [2.45, 2.75) is 0 Å². The maximum atomic E-state index is 11.4. The molecule has 1 aromatic rings. The van der Waals surface area contributed by atoms with Gasteiger partial charge in [0, 0.05) is 12.7 Å². The number of rotatable bonds is 3. The molecule has 0 bridgehead atoms. The van der Waals surface area contributed by atoms with Crippen LogP contribution in [0.4, 0.5) is 10.5 Å². The minimum Gasteiger partial charge on any atom is -0.495 e. The van der Waals surface area contributed by atoms with Crippen LogP contribution >= 0.6 is 11.6 Å². The molecular weight excluding hydrogens is 232 g/mol. The van der Waals surface area contributed by atoms with Crippen LogP contribution in [-0.4, -0.2) is 32.4 Å². The highest BCUT2D eigenvalue weighted by Gasteiger charge is 2.09. The first-order valence-corrected chi connectivity index (χ1v) is 4.88. The van der Waals surface area contributed by atoms with Crippen LogP contribution in [-0.2, 0) is 4.84 Å². The number of amides is 2. The fraction of sp³-hybridized carbons (Fsp3) is 0.300. The van der Waals surface area contributed by atoms with E-state index in [0.29, 0.717) is 16.5 Å². The van der Waals surface area contributed by atoms with E-state index in [1.807, 2.05) is 0 Å². The van der Waals surface area contributed by atoms with Crippen molar-refractivity contribution >= 4 is 23.3 Å². The minimum absolute atomic E-state index is 0.385. The third-order valence-corrected chi connectivity index (χ3v) is 2.26. The van der Waals surface area contributed by atoms with Crippen molar-refractivity contribution < 1.29 is 14.4 Å². The topological polar surface area (TPSA) is 50.8 Å². The molecule has 0 aromatic heterocycles. The SMILES string of the molecule is COc1ccc(NC(=O)N(C)OC)cc1Cl. The maximum Gasteiger partial charge on any atom is 0.345 e. The Morgan fingerprint density at radius 1 is 1.44 bits per heavy atom. The Labute approximate surface area is 98.8 Å². The summed E-state index contributed by atoms with van der Waals surface area (Å²) in [7, 11) is 4.43. The predicted octanol–water partition coefficient (Wildman–Crippen LogP) is 2.37. The van der Waals surface area contributed by atoms with Gasteiger partial charge in [-0.05, 0) is 18.2 Å². The van der Waals surface area contributed by atoms with E-state index in [2.05, 4.69) is 5.32 Å². The van der Waals surface area contributed by atoms with Crippen LogP contribution in [0.5, 0.6) is 5.75 Å². The molecule has 6 heteroatoms. The lowest BCUT2D eigenvalue weighted by atomic mass is 10.3. The van der Waals surface area contributed by atoms with Crippen LogP contribution in [0.1, 0.15) is 0 Å². The third-order valence-electron chi connectivity index (χ3n) is 1.96. The van der Waals surface area contributed by atoms with E-state index in [1.54, 1.807) is 18.2 Å². The Balaban J connectivity index is 2.75. The Kier molecular flexibility index (Phi) is 4.39. The molecule has 2 amide bonds. The average molecular weight is 245 g/mol. The van der Waals surface area contributed by atoms with E-state index in [1.165, 1.54) is 21.3 Å². The van der Waals surface area contributed by atoms with Gasteiger partial charge in [-0.15, -0.1) is 0 Å². The predicted molar refractivity (Wildman–Crippen MR) is 61.8 cm³/mol. The van der Waals surface area contributed by atoms with E-state index in [4.69, 9.17) is 21.2 Å². The average Bonchev–Trinajstić information content (AvgIpc) is 2.28. The molecule has 0 spiro atoms. The first kappa shape index (κ1) is 12.6. The number of benzene rings is 1. The highest BCUT2D eigenvalue weighted by molar-refractivity contribution is 6.32. The fourth-order valence-electron chi connectivity index (χ4n) is 1.03. The second-order valence-corrected chi connectivity index (χ2v) is 3.37. The summed E-state index contributed by atoms with van der Waals surface area (Å²) in [5.74, 6) is 0.555. The van der Waals surface area contributed by atoms with Gasteiger partial charge in [-0.3, -0.25) is 4.84 Å². The smallest absolute Gasteiger partial charge is 0.345 e. The van der Waals surface area contributed by atoms with Gasteiger partial charge >= 0.3 is 6.03 Å². The number of carbonyl (C=O) groups is 1. The number of nitrogens with one attached hydrogen (secondary N) is 1. The number of carbonyl (C=O) groups excluding carboxylic acids is 1. The van der Waals surface area contributed by atoms with Crippen LogP contribution in [0.25, 0.3) is 0 Å². The molecule has 0 heterocycles. The molecule has 88 valence electrons. The van der Waals surface area contributed by atoms with Gasteiger partial charge in [0.15, 0.2) is 0 Å². The number of anilines is 1. The highest BCUT2D eigenvalue weighted by atomic mass is 35.5. The first-order chi connectivity index (χ1) is 7.58. The molecule has 1 rings (SSSR count). The number of hydrogen-bond acceptors (Lipinski definition) is 3. The summed E-state index contributed by atoms with van der Waals surface area (Å²) in [5, 5.41) is 4.11. The number of hydroxylamine groups is 2. The van der Waals surface area contributed by atoms with Crippen molar-refractivity contribution in [1.29, 1.82) is 0 Å². The Hall–Kier alpha value is -1.46. The largest absolute Gasteiger partial charge is 0.495 e. The second kappa shape index (κ2) is 5.58. The third kappa shape index (κ3) is 3.01. The zero-order chi connectivity index (χ0) is 12.1. The zero-order valence-corrected chi connectivity index (χ0v) is 10.0. The standard InChI is InChI=1S/C10H13ClN2O3/c1-13(16-3)10(14)12-7-4-5-9(15-2)8(11)6-7/h4-6H,1-3H3,(H,12,14). The van der Waals surface area contributed by atoms with E-state index < -0.39 is 0 Å². The zero-order valence-electron chi connectivity index (χ0n) is 9.28. The molecule has 0 unspecified atom stereocenters. The van der Waals surface area contributed by atoms with Gasteiger partial charge in [0.05, 0.1) is 19.2 Å². The number of hydrogen-bond donors (Lipinski definition) is 1. The van der Waals surface area contributed by atoms with E-state index in [-0.39, 0.29) is 6.03 Å². The van der Waals surface area contributed by atoms with E-state index in [9.17, 15) is 4.79 Å². The van der Waals surface area contributed by atoms with Crippen LogP contribution in [0.2, 0.25) is 5.02 Å². The van der Waals surface area contributed by atoms with Crippen LogP contribution < -0.4 is 10.1 Å². The van der Waals surface area contributed by atoms with E-state index >= 15 is 0 Å². The summed E-state index contributed by atoms with van der Waals surface area (Å²) in [6.07, 6.45) is 0. The number of methoxy groups -OCH3 is 1. The molecule has 0 aliphatic carbocycles. The lowest BCUT2D eigenvalue weighted by Gasteiger charge is -2.15. The quantitative estimate of drug-likeness (QED) is 0.831. The van der Waals surface area contributed by atoms with Crippen molar-refractivity contribution in [3.63, 3.8) is 0 Å². The van der Waals surface area contributed by atoms with Crippen LogP contribution in [0.3, 0.4) is 0 Å². The molecule has 0 saturated carbocycles. The van der Waals surface area contributed by atoms with Gasteiger partial charge in [0.2, 0.25) is 0 Å².